The first-order valence-electron chi connectivity index (χ1n) is 11.4. The molecule has 2 atom stereocenters. The average Bonchev–Trinajstić information content (AvgIpc) is 3.51. The molecule has 2 aliphatic heterocycles. The number of aromatic nitrogens is 3. The van der Waals surface area contributed by atoms with Crippen molar-refractivity contribution in [3.63, 3.8) is 0 Å². The van der Waals surface area contributed by atoms with Crippen LogP contribution in [0, 0.1) is 17.3 Å². The molecule has 2 saturated heterocycles. The standard InChI is InChI=1S/C24H26FN7OS/c1-34-21-7-6-16(25)12-18(21)19-5-2-10-31(19)23-9-8-22-27-13-20(32(22)30-23)24(28-15-26)29-17-4-3-11-33-14-17/h6-9,12-13,17,19H,2-5,10-11,14H2,1H3,(H,28,29)/t17-,19?/m1/s1. The summed E-state index contributed by atoms with van der Waals surface area (Å²) in [5.74, 6) is 0.987. The monoisotopic (exact) mass is 479 g/mol. The fourth-order valence-corrected chi connectivity index (χ4v) is 5.37. The lowest BCUT2D eigenvalue weighted by Crippen LogP contribution is -2.28. The minimum atomic E-state index is -0.227. The maximum Gasteiger partial charge on any atom is 0.182 e. The van der Waals surface area contributed by atoms with E-state index in [2.05, 4.69) is 15.2 Å². The molecular weight excluding hydrogens is 453 g/mol. The Morgan fingerprint density at radius 1 is 1.29 bits per heavy atom. The molecule has 2 fully saturated rings. The van der Waals surface area contributed by atoms with Gasteiger partial charge in [-0.1, -0.05) is 0 Å². The van der Waals surface area contributed by atoms with Crippen LogP contribution in [0.15, 0.2) is 46.4 Å². The molecule has 1 aromatic carbocycles. The number of anilines is 1. The lowest BCUT2D eigenvalue weighted by molar-refractivity contribution is 0.0828. The number of aliphatic imine (C=N–C) groups is 1. The Bertz CT molecular complexity index is 1250. The molecule has 0 radical (unpaired) electrons. The molecular formula is C24H26FN7OS. The zero-order valence-electron chi connectivity index (χ0n) is 18.9. The number of ether oxygens (including phenoxy) is 1. The molecule has 0 bridgehead atoms. The van der Waals surface area contributed by atoms with E-state index in [-0.39, 0.29) is 17.9 Å². The van der Waals surface area contributed by atoms with Crippen LogP contribution in [0.3, 0.4) is 0 Å². The van der Waals surface area contributed by atoms with Crippen molar-refractivity contribution in [3.05, 3.63) is 53.6 Å². The highest BCUT2D eigenvalue weighted by Gasteiger charge is 2.30. The summed E-state index contributed by atoms with van der Waals surface area (Å²) in [6, 6.07) is 8.89. The number of nitrogens with one attached hydrogen (secondary N) is 1. The van der Waals surface area contributed by atoms with Crippen LogP contribution in [0.5, 0.6) is 0 Å². The smallest absolute Gasteiger partial charge is 0.182 e. The number of amidine groups is 1. The Hall–Kier alpha value is -3.16. The number of halogens is 1. The lowest BCUT2D eigenvalue weighted by atomic mass is 10.0. The molecule has 0 spiro atoms. The third-order valence-electron chi connectivity index (χ3n) is 6.31. The second kappa shape index (κ2) is 9.99. The fourth-order valence-electron chi connectivity index (χ4n) is 4.73. The molecule has 5 rings (SSSR count). The van der Waals surface area contributed by atoms with Crippen molar-refractivity contribution in [2.45, 2.75) is 42.7 Å². The van der Waals surface area contributed by atoms with E-state index in [9.17, 15) is 9.65 Å². The summed E-state index contributed by atoms with van der Waals surface area (Å²) < 4.78 is 21.4. The van der Waals surface area contributed by atoms with Crippen molar-refractivity contribution in [1.29, 1.82) is 5.26 Å². The summed E-state index contributed by atoms with van der Waals surface area (Å²) >= 11 is 1.63. The first-order valence-corrected chi connectivity index (χ1v) is 12.7. The van der Waals surface area contributed by atoms with Crippen LogP contribution in [-0.4, -0.2) is 52.5 Å². The van der Waals surface area contributed by atoms with Crippen molar-refractivity contribution in [2.75, 3.05) is 30.9 Å². The molecule has 34 heavy (non-hydrogen) atoms. The van der Waals surface area contributed by atoms with E-state index in [1.54, 1.807) is 28.5 Å². The maximum absolute atomic E-state index is 14.1. The van der Waals surface area contributed by atoms with Gasteiger partial charge in [0.05, 0.1) is 24.9 Å². The van der Waals surface area contributed by atoms with Crippen LogP contribution in [0.2, 0.25) is 0 Å². The van der Waals surface area contributed by atoms with Crippen LogP contribution in [-0.2, 0) is 4.74 Å². The molecule has 176 valence electrons. The Kier molecular flexibility index (Phi) is 6.65. The molecule has 2 aliphatic rings. The van der Waals surface area contributed by atoms with Crippen LogP contribution in [0.4, 0.5) is 10.2 Å². The molecule has 0 amide bonds. The third kappa shape index (κ3) is 4.45. The summed E-state index contributed by atoms with van der Waals surface area (Å²) in [6.45, 7) is 2.11. The zero-order chi connectivity index (χ0) is 23.5. The number of hydrogen-bond donors (Lipinski definition) is 1. The maximum atomic E-state index is 14.1. The summed E-state index contributed by atoms with van der Waals surface area (Å²) in [5, 5.41) is 16.9. The van der Waals surface area contributed by atoms with E-state index in [0.717, 1.165) is 55.1 Å². The SMILES string of the molecule is CSc1ccc(F)cc1C1CCCN1c1ccc2ncc(C(=N[C@@H]3CCCOC3)NC#N)n2n1. The van der Waals surface area contributed by atoms with E-state index < -0.39 is 0 Å². The first kappa shape index (κ1) is 22.6. The molecule has 3 aromatic rings. The second-order valence-corrected chi connectivity index (χ2v) is 9.28. The Morgan fingerprint density at radius 2 is 2.21 bits per heavy atom. The highest BCUT2D eigenvalue weighted by molar-refractivity contribution is 7.98. The third-order valence-corrected chi connectivity index (χ3v) is 7.12. The van der Waals surface area contributed by atoms with Gasteiger partial charge in [0.25, 0.3) is 0 Å². The van der Waals surface area contributed by atoms with Crippen LogP contribution >= 0.6 is 11.8 Å². The topological polar surface area (TPSA) is 90.8 Å². The predicted molar refractivity (Wildman–Crippen MR) is 130 cm³/mol. The zero-order valence-corrected chi connectivity index (χ0v) is 19.8. The number of benzene rings is 1. The minimum Gasteiger partial charge on any atom is -0.379 e. The number of imidazole rings is 1. The molecule has 2 aromatic heterocycles. The Labute approximate surface area is 201 Å². The van der Waals surface area contributed by atoms with Crippen molar-refractivity contribution < 1.29 is 9.13 Å². The Balaban J connectivity index is 1.52. The van der Waals surface area contributed by atoms with E-state index in [0.29, 0.717) is 23.8 Å². The van der Waals surface area contributed by atoms with Gasteiger partial charge < -0.3 is 9.64 Å². The van der Waals surface area contributed by atoms with E-state index >= 15 is 0 Å². The van der Waals surface area contributed by atoms with E-state index in [4.69, 9.17) is 14.8 Å². The first-order chi connectivity index (χ1) is 16.7. The second-order valence-electron chi connectivity index (χ2n) is 8.43. The molecule has 1 unspecified atom stereocenters. The highest BCUT2D eigenvalue weighted by atomic mass is 32.2. The van der Waals surface area contributed by atoms with Gasteiger partial charge in [0.1, 0.15) is 17.3 Å². The summed E-state index contributed by atoms with van der Waals surface area (Å²) in [6.07, 6.45) is 9.46. The number of fused-ring (bicyclic) bond motifs is 1. The van der Waals surface area contributed by atoms with Crippen LogP contribution < -0.4 is 10.2 Å². The number of thioether (sulfide) groups is 1. The molecule has 4 heterocycles. The van der Waals surface area contributed by atoms with E-state index in [1.807, 2.05) is 30.6 Å². The molecule has 0 saturated carbocycles. The van der Waals surface area contributed by atoms with Crippen molar-refractivity contribution in [2.24, 2.45) is 4.99 Å². The largest absolute Gasteiger partial charge is 0.379 e. The lowest BCUT2D eigenvalue weighted by Gasteiger charge is -2.27. The van der Waals surface area contributed by atoms with Crippen molar-refractivity contribution in [3.8, 4) is 6.19 Å². The van der Waals surface area contributed by atoms with Gasteiger partial charge in [-0.25, -0.2) is 13.9 Å². The number of rotatable bonds is 5. The van der Waals surface area contributed by atoms with Crippen molar-refractivity contribution in [1.82, 2.24) is 19.9 Å². The van der Waals surface area contributed by atoms with Gasteiger partial charge in [-0.05, 0) is 67.8 Å². The van der Waals surface area contributed by atoms with Gasteiger partial charge in [-0.2, -0.15) is 5.26 Å². The predicted octanol–water partition coefficient (Wildman–Crippen LogP) is 3.93. The number of hydrogen-bond acceptors (Lipinski definition) is 7. The van der Waals surface area contributed by atoms with Gasteiger partial charge in [-0.15, -0.1) is 16.9 Å². The van der Waals surface area contributed by atoms with Crippen LogP contribution in [0.1, 0.15) is 43.0 Å². The fraction of sp³-hybridized carbons (Fsp3) is 0.417. The quantitative estimate of drug-likeness (QED) is 0.195. The number of nitrogens with zero attached hydrogens (tertiary/aromatic N) is 6. The Morgan fingerprint density at radius 3 is 3.00 bits per heavy atom. The van der Waals surface area contributed by atoms with Gasteiger partial charge in [0, 0.05) is 18.0 Å². The van der Waals surface area contributed by atoms with Gasteiger partial charge in [0.15, 0.2) is 17.7 Å². The molecule has 1 N–H and O–H groups in total. The summed E-state index contributed by atoms with van der Waals surface area (Å²) in [5.41, 5.74) is 2.27. The van der Waals surface area contributed by atoms with Crippen molar-refractivity contribution >= 4 is 29.1 Å². The normalized spacial score (nSPS) is 21.1. The summed E-state index contributed by atoms with van der Waals surface area (Å²) in [4.78, 5) is 12.5. The van der Waals surface area contributed by atoms with Gasteiger partial charge >= 0.3 is 0 Å². The van der Waals surface area contributed by atoms with Gasteiger partial charge in [0.2, 0.25) is 0 Å². The molecule has 8 nitrogen and oxygen atoms in total. The average molecular weight is 480 g/mol. The summed E-state index contributed by atoms with van der Waals surface area (Å²) in [7, 11) is 0. The molecule has 0 aliphatic carbocycles. The van der Waals surface area contributed by atoms with Crippen LogP contribution in [0.25, 0.3) is 5.65 Å². The van der Waals surface area contributed by atoms with E-state index in [1.165, 1.54) is 6.07 Å². The van der Waals surface area contributed by atoms with Gasteiger partial charge in [-0.3, -0.25) is 10.3 Å². The minimum absolute atomic E-state index is 0.0146. The number of nitriles is 1. The highest BCUT2D eigenvalue weighted by Crippen LogP contribution is 2.39. The molecule has 10 heteroatoms.